The van der Waals surface area contributed by atoms with Gasteiger partial charge in [0.15, 0.2) is 5.75 Å². The van der Waals surface area contributed by atoms with Crippen LogP contribution in [-0.4, -0.2) is 23.6 Å². The molecule has 0 aliphatic rings. The highest BCUT2D eigenvalue weighted by molar-refractivity contribution is 5.48. The average Bonchev–Trinajstić information content (AvgIpc) is 2.28. The number of rotatable bonds is 6. The molecule has 0 fully saturated rings. The Bertz CT molecular complexity index is 439. The molecule has 5 heteroatoms. The van der Waals surface area contributed by atoms with Crippen molar-refractivity contribution in [3.8, 4) is 5.75 Å². The molecule has 0 spiro atoms. The zero-order valence-corrected chi connectivity index (χ0v) is 12.0. The van der Waals surface area contributed by atoms with Crippen molar-refractivity contribution in [3.63, 3.8) is 0 Å². The maximum atomic E-state index is 10.9. The highest BCUT2D eigenvalue weighted by Crippen LogP contribution is 2.27. The lowest BCUT2D eigenvalue weighted by Gasteiger charge is -2.20. The molecule has 19 heavy (non-hydrogen) atoms. The summed E-state index contributed by atoms with van der Waals surface area (Å²) in [7, 11) is 0. The Morgan fingerprint density at radius 1 is 1.37 bits per heavy atom. The summed E-state index contributed by atoms with van der Waals surface area (Å²) in [6.45, 7) is 9.40. The molecular formula is C14H22N2O3. The van der Waals surface area contributed by atoms with Crippen molar-refractivity contribution in [2.24, 2.45) is 0 Å². The van der Waals surface area contributed by atoms with Crippen LogP contribution in [0.4, 0.5) is 5.69 Å². The zero-order chi connectivity index (χ0) is 14.5. The number of nitrogens with zero attached hydrogens (tertiary/aromatic N) is 1. The van der Waals surface area contributed by atoms with E-state index in [1.807, 2.05) is 13.0 Å². The Morgan fingerprint density at radius 3 is 2.63 bits per heavy atom. The van der Waals surface area contributed by atoms with Crippen molar-refractivity contribution in [1.29, 1.82) is 0 Å². The number of ether oxygens (including phenoxy) is 1. The van der Waals surface area contributed by atoms with Crippen LogP contribution in [0.15, 0.2) is 18.2 Å². The van der Waals surface area contributed by atoms with Crippen LogP contribution in [0.5, 0.6) is 5.75 Å². The quantitative estimate of drug-likeness (QED) is 0.488. The van der Waals surface area contributed by atoms with E-state index in [0.717, 1.165) is 18.5 Å². The minimum Gasteiger partial charge on any atom is -0.487 e. The molecule has 0 aromatic heterocycles. The molecular weight excluding hydrogens is 244 g/mol. The van der Waals surface area contributed by atoms with Gasteiger partial charge in [-0.1, -0.05) is 6.07 Å². The lowest BCUT2D eigenvalue weighted by molar-refractivity contribution is -0.385. The Morgan fingerprint density at radius 2 is 2.05 bits per heavy atom. The normalized spacial score (nSPS) is 11.4. The van der Waals surface area contributed by atoms with Gasteiger partial charge in [0.25, 0.3) is 0 Å². The summed E-state index contributed by atoms with van der Waals surface area (Å²) in [6.07, 6.45) is 0.808. The number of nitrogens with one attached hydrogen (secondary N) is 1. The third-order valence-corrected chi connectivity index (χ3v) is 2.55. The molecule has 1 N–H and O–H groups in total. The average molecular weight is 266 g/mol. The fourth-order valence-corrected chi connectivity index (χ4v) is 1.61. The van der Waals surface area contributed by atoms with E-state index < -0.39 is 4.92 Å². The van der Waals surface area contributed by atoms with Crippen LogP contribution in [-0.2, 0) is 0 Å². The molecule has 106 valence electrons. The second-order valence-corrected chi connectivity index (χ2v) is 5.61. The molecule has 0 atom stereocenters. The van der Waals surface area contributed by atoms with E-state index in [1.54, 1.807) is 6.07 Å². The summed E-state index contributed by atoms with van der Waals surface area (Å²) in [5.41, 5.74) is 0.966. The lowest BCUT2D eigenvalue weighted by Crippen LogP contribution is -2.36. The summed E-state index contributed by atoms with van der Waals surface area (Å²) in [6, 6.07) is 5.00. The minimum absolute atomic E-state index is 0.0313. The van der Waals surface area contributed by atoms with E-state index >= 15 is 0 Å². The third-order valence-electron chi connectivity index (χ3n) is 2.55. The Kier molecular flexibility index (Phi) is 5.30. The van der Waals surface area contributed by atoms with Crippen LogP contribution in [0.2, 0.25) is 0 Å². The van der Waals surface area contributed by atoms with Crippen molar-refractivity contribution in [1.82, 2.24) is 5.32 Å². The molecule has 5 nitrogen and oxygen atoms in total. The van der Waals surface area contributed by atoms with Crippen molar-refractivity contribution >= 4 is 5.69 Å². The van der Waals surface area contributed by atoms with Gasteiger partial charge in [-0.05, 0) is 52.3 Å². The molecule has 0 unspecified atom stereocenters. The van der Waals surface area contributed by atoms with Gasteiger partial charge in [-0.15, -0.1) is 0 Å². The SMILES string of the molecule is Cc1ccc(OCCCNC(C)(C)C)c([N+](=O)[O-])c1. The van der Waals surface area contributed by atoms with Crippen molar-refractivity contribution in [2.45, 2.75) is 39.7 Å². The zero-order valence-electron chi connectivity index (χ0n) is 12.0. The third kappa shape index (κ3) is 5.70. The molecule has 0 aliphatic heterocycles. The topological polar surface area (TPSA) is 64.4 Å². The molecule has 0 aliphatic carbocycles. The second kappa shape index (κ2) is 6.52. The van der Waals surface area contributed by atoms with Gasteiger partial charge in [0.05, 0.1) is 11.5 Å². The van der Waals surface area contributed by atoms with Crippen molar-refractivity contribution in [2.75, 3.05) is 13.2 Å². The number of benzene rings is 1. The van der Waals surface area contributed by atoms with Gasteiger partial charge in [-0.2, -0.15) is 0 Å². The number of aryl methyl sites for hydroxylation is 1. The first kappa shape index (κ1) is 15.4. The first-order valence-corrected chi connectivity index (χ1v) is 6.42. The van der Waals surface area contributed by atoms with Crippen LogP contribution in [0.25, 0.3) is 0 Å². The number of hydrogen-bond donors (Lipinski definition) is 1. The highest BCUT2D eigenvalue weighted by atomic mass is 16.6. The molecule has 1 aromatic carbocycles. The highest BCUT2D eigenvalue weighted by Gasteiger charge is 2.15. The molecule has 0 amide bonds. The first-order chi connectivity index (χ1) is 8.79. The molecule has 0 bridgehead atoms. The predicted molar refractivity (Wildman–Crippen MR) is 75.7 cm³/mol. The van der Waals surface area contributed by atoms with Crippen LogP contribution < -0.4 is 10.1 Å². The lowest BCUT2D eigenvalue weighted by atomic mass is 10.1. The molecule has 0 saturated heterocycles. The maximum absolute atomic E-state index is 10.9. The van der Waals surface area contributed by atoms with Gasteiger partial charge in [0.2, 0.25) is 0 Å². The second-order valence-electron chi connectivity index (χ2n) is 5.61. The Balaban J connectivity index is 2.47. The van der Waals surface area contributed by atoms with Crippen LogP contribution in [0.1, 0.15) is 32.8 Å². The fraction of sp³-hybridized carbons (Fsp3) is 0.571. The first-order valence-electron chi connectivity index (χ1n) is 6.42. The largest absolute Gasteiger partial charge is 0.487 e. The van der Waals surface area contributed by atoms with Gasteiger partial charge in [-0.25, -0.2) is 0 Å². The van der Waals surface area contributed by atoms with Crippen LogP contribution in [0.3, 0.4) is 0 Å². The summed E-state index contributed by atoms with van der Waals surface area (Å²) < 4.78 is 5.49. The van der Waals surface area contributed by atoms with Gasteiger partial charge in [0.1, 0.15) is 0 Å². The van der Waals surface area contributed by atoms with Crippen molar-refractivity contribution < 1.29 is 9.66 Å². The maximum Gasteiger partial charge on any atom is 0.311 e. The summed E-state index contributed by atoms with van der Waals surface area (Å²) >= 11 is 0. The van der Waals surface area contributed by atoms with Gasteiger partial charge < -0.3 is 10.1 Å². The summed E-state index contributed by atoms with van der Waals surface area (Å²) in [4.78, 5) is 10.5. The van der Waals surface area contributed by atoms with E-state index in [4.69, 9.17) is 4.74 Å². The van der Waals surface area contributed by atoms with Crippen LogP contribution in [0, 0.1) is 17.0 Å². The smallest absolute Gasteiger partial charge is 0.311 e. The Labute approximate surface area is 114 Å². The molecule has 1 aromatic rings. The van der Waals surface area contributed by atoms with Crippen LogP contribution >= 0.6 is 0 Å². The van der Waals surface area contributed by atoms with E-state index in [-0.39, 0.29) is 11.2 Å². The Hall–Kier alpha value is -1.62. The van der Waals surface area contributed by atoms with E-state index in [1.165, 1.54) is 6.07 Å². The van der Waals surface area contributed by atoms with E-state index in [9.17, 15) is 10.1 Å². The van der Waals surface area contributed by atoms with Gasteiger partial charge in [-0.3, -0.25) is 10.1 Å². The van der Waals surface area contributed by atoms with Gasteiger partial charge in [0, 0.05) is 11.6 Å². The number of nitro groups is 1. The number of hydrogen-bond acceptors (Lipinski definition) is 4. The number of nitro benzene ring substituents is 1. The molecule has 0 saturated carbocycles. The summed E-state index contributed by atoms with van der Waals surface area (Å²) in [5.74, 6) is 0.339. The molecule has 0 radical (unpaired) electrons. The van der Waals surface area contributed by atoms with E-state index in [2.05, 4.69) is 26.1 Å². The minimum atomic E-state index is -0.407. The molecule has 1 rings (SSSR count). The molecule has 0 heterocycles. The van der Waals surface area contributed by atoms with Gasteiger partial charge >= 0.3 is 5.69 Å². The summed E-state index contributed by atoms with van der Waals surface area (Å²) in [5, 5.41) is 14.2. The fourth-order valence-electron chi connectivity index (χ4n) is 1.61. The monoisotopic (exact) mass is 266 g/mol. The van der Waals surface area contributed by atoms with Crippen molar-refractivity contribution in [3.05, 3.63) is 33.9 Å². The van der Waals surface area contributed by atoms with E-state index in [0.29, 0.717) is 12.4 Å². The standard InChI is InChI=1S/C14H22N2O3/c1-11-6-7-13(12(10-11)16(17)18)19-9-5-8-15-14(2,3)4/h6-7,10,15H,5,8-9H2,1-4H3. The predicted octanol–water partition coefficient (Wildman–Crippen LogP) is 3.06.